The van der Waals surface area contributed by atoms with Crippen molar-refractivity contribution in [1.82, 2.24) is 14.9 Å². The van der Waals surface area contributed by atoms with Crippen LogP contribution in [0.3, 0.4) is 0 Å². The van der Waals surface area contributed by atoms with E-state index in [9.17, 15) is 0 Å². The molecule has 3 heteroatoms. The van der Waals surface area contributed by atoms with Crippen LogP contribution in [0.4, 0.5) is 0 Å². The fraction of sp³-hybridized carbons (Fsp3) is 0.615. The second-order valence-electron chi connectivity index (χ2n) is 4.43. The van der Waals surface area contributed by atoms with Gasteiger partial charge in [-0.05, 0) is 32.7 Å². The predicted molar refractivity (Wildman–Crippen MR) is 68.3 cm³/mol. The lowest BCUT2D eigenvalue weighted by Gasteiger charge is -2.19. The number of aryl methyl sites for hydroxylation is 1. The van der Waals surface area contributed by atoms with E-state index in [0.717, 1.165) is 25.8 Å². The van der Waals surface area contributed by atoms with Gasteiger partial charge in [0.05, 0.1) is 12.0 Å². The summed E-state index contributed by atoms with van der Waals surface area (Å²) in [6, 6.07) is 0.393. The van der Waals surface area contributed by atoms with E-state index in [4.69, 9.17) is 0 Å². The SMILES string of the molecule is C=C(C)CCC(NCCC)c1cncn1C. The van der Waals surface area contributed by atoms with Crippen molar-refractivity contribution in [2.45, 2.75) is 39.2 Å². The summed E-state index contributed by atoms with van der Waals surface area (Å²) >= 11 is 0. The first kappa shape index (κ1) is 13.0. The monoisotopic (exact) mass is 221 g/mol. The third-order valence-corrected chi connectivity index (χ3v) is 2.71. The third kappa shape index (κ3) is 3.81. The molecular formula is C13H23N3. The van der Waals surface area contributed by atoms with Gasteiger partial charge in [0.2, 0.25) is 0 Å². The number of hydrogen-bond acceptors (Lipinski definition) is 2. The van der Waals surface area contributed by atoms with Crippen LogP contribution in [0.1, 0.15) is 44.8 Å². The Hall–Kier alpha value is -1.09. The first-order valence-corrected chi connectivity index (χ1v) is 5.99. The molecule has 0 radical (unpaired) electrons. The highest BCUT2D eigenvalue weighted by molar-refractivity contribution is 5.06. The van der Waals surface area contributed by atoms with Crippen LogP contribution in [-0.4, -0.2) is 16.1 Å². The molecule has 0 amide bonds. The quantitative estimate of drug-likeness (QED) is 0.718. The van der Waals surface area contributed by atoms with Crippen LogP contribution in [0.5, 0.6) is 0 Å². The number of aromatic nitrogens is 2. The number of rotatable bonds is 7. The molecule has 90 valence electrons. The fourth-order valence-corrected chi connectivity index (χ4v) is 1.77. The summed E-state index contributed by atoms with van der Waals surface area (Å²) in [6.07, 6.45) is 7.12. The molecule has 1 aromatic rings. The molecule has 1 N–H and O–H groups in total. The molecule has 0 aromatic carbocycles. The lowest BCUT2D eigenvalue weighted by molar-refractivity contribution is 0.476. The number of hydrogen-bond donors (Lipinski definition) is 1. The van der Waals surface area contributed by atoms with Crippen LogP contribution in [0.15, 0.2) is 24.7 Å². The highest BCUT2D eigenvalue weighted by atomic mass is 15.1. The van der Waals surface area contributed by atoms with Crippen molar-refractivity contribution in [3.63, 3.8) is 0 Å². The average Bonchev–Trinajstić information content (AvgIpc) is 2.65. The summed E-state index contributed by atoms with van der Waals surface area (Å²) in [5, 5.41) is 3.57. The zero-order valence-electron chi connectivity index (χ0n) is 10.7. The zero-order chi connectivity index (χ0) is 12.0. The lowest BCUT2D eigenvalue weighted by atomic mass is 10.0. The Bertz CT molecular complexity index is 328. The molecule has 0 aliphatic carbocycles. The van der Waals surface area contributed by atoms with E-state index < -0.39 is 0 Å². The minimum Gasteiger partial charge on any atom is -0.336 e. The van der Waals surface area contributed by atoms with Gasteiger partial charge in [-0.3, -0.25) is 0 Å². The van der Waals surface area contributed by atoms with E-state index >= 15 is 0 Å². The number of nitrogens with one attached hydrogen (secondary N) is 1. The van der Waals surface area contributed by atoms with E-state index in [1.54, 1.807) is 0 Å². The Balaban J connectivity index is 2.63. The van der Waals surface area contributed by atoms with Gasteiger partial charge in [0.25, 0.3) is 0 Å². The van der Waals surface area contributed by atoms with E-state index in [1.165, 1.54) is 11.3 Å². The molecule has 0 fully saturated rings. The van der Waals surface area contributed by atoms with Gasteiger partial charge in [-0.15, -0.1) is 6.58 Å². The summed E-state index contributed by atoms with van der Waals surface area (Å²) in [5.41, 5.74) is 2.50. The Morgan fingerprint density at radius 3 is 2.88 bits per heavy atom. The number of allylic oxidation sites excluding steroid dienone is 1. The summed E-state index contributed by atoms with van der Waals surface area (Å²) in [7, 11) is 2.05. The maximum atomic E-state index is 4.18. The average molecular weight is 221 g/mol. The zero-order valence-corrected chi connectivity index (χ0v) is 10.7. The molecule has 0 spiro atoms. The third-order valence-electron chi connectivity index (χ3n) is 2.71. The summed E-state index contributed by atoms with van der Waals surface area (Å²) in [6.45, 7) is 9.28. The maximum absolute atomic E-state index is 4.18. The van der Waals surface area contributed by atoms with Gasteiger partial charge in [-0.2, -0.15) is 0 Å². The Kier molecular flexibility index (Phi) is 5.26. The Labute approximate surface area is 98.6 Å². The van der Waals surface area contributed by atoms with Gasteiger partial charge in [-0.25, -0.2) is 4.98 Å². The molecule has 3 nitrogen and oxygen atoms in total. The molecule has 1 aromatic heterocycles. The van der Waals surface area contributed by atoms with E-state index in [2.05, 4.69) is 35.3 Å². The van der Waals surface area contributed by atoms with Crippen molar-refractivity contribution in [2.75, 3.05) is 6.54 Å². The van der Waals surface area contributed by atoms with Gasteiger partial charge in [0.15, 0.2) is 0 Å². The van der Waals surface area contributed by atoms with Crippen LogP contribution in [0.25, 0.3) is 0 Å². The van der Waals surface area contributed by atoms with Crippen molar-refractivity contribution >= 4 is 0 Å². The predicted octanol–water partition coefficient (Wildman–Crippen LogP) is 2.82. The molecule has 0 aliphatic heterocycles. The first-order valence-electron chi connectivity index (χ1n) is 5.99. The highest BCUT2D eigenvalue weighted by Crippen LogP contribution is 2.19. The van der Waals surface area contributed by atoms with Gasteiger partial charge in [0.1, 0.15) is 0 Å². The van der Waals surface area contributed by atoms with E-state index in [0.29, 0.717) is 6.04 Å². The second-order valence-corrected chi connectivity index (χ2v) is 4.43. The van der Waals surface area contributed by atoms with Crippen molar-refractivity contribution in [3.05, 3.63) is 30.4 Å². The number of nitrogens with zero attached hydrogens (tertiary/aromatic N) is 2. The summed E-state index contributed by atoms with van der Waals surface area (Å²) in [4.78, 5) is 4.18. The molecule has 0 saturated heterocycles. The molecule has 1 atom stereocenters. The minimum absolute atomic E-state index is 0.393. The highest BCUT2D eigenvalue weighted by Gasteiger charge is 2.13. The summed E-state index contributed by atoms with van der Waals surface area (Å²) in [5.74, 6) is 0. The fourth-order valence-electron chi connectivity index (χ4n) is 1.77. The maximum Gasteiger partial charge on any atom is 0.0946 e. The Morgan fingerprint density at radius 1 is 1.62 bits per heavy atom. The molecular weight excluding hydrogens is 198 g/mol. The molecule has 1 heterocycles. The van der Waals surface area contributed by atoms with Gasteiger partial charge >= 0.3 is 0 Å². The molecule has 0 aliphatic rings. The van der Waals surface area contributed by atoms with E-state index in [-0.39, 0.29) is 0 Å². The van der Waals surface area contributed by atoms with Crippen LogP contribution >= 0.6 is 0 Å². The smallest absolute Gasteiger partial charge is 0.0946 e. The van der Waals surface area contributed by atoms with Crippen LogP contribution in [0, 0.1) is 0 Å². The molecule has 0 saturated carbocycles. The van der Waals surface area contributed by atoms with Crippen molar-refractivity contribution < 1.29 is 0 Å². The van der Waals surface area contributed by atoms with Gasteiger partial charge in [0, 0.05) is 19.3 Å². The molecule has 1 unspecified atom stereocenters. The standard InChI is InChI=1S/C13H23N3/c1-5-8-15-12(7-6-11(2)3)13-9-14-10-16(13)4/h9-10,12,15H,2,5-8H2,1,3-4H3. The normalized spacial score (nSPS) is 12.7. The minimum atomic E-state index is 0.393. The van der Waals surface area contributed by atoms with Crippen LogP contribution in [0.2, 0.25) is 0 Å². The van der Waals surface area contributed by atoms with Crippen molar-refractivity contribution in [2.24, 2.45) is 7.05 Å². The van der Waals surface area contributed by atoms with Crippen LogP contribution in [-0.2, 0) is 7.05 Å². The van der Waals surface area contributed by atoms with Crippen molar-refractivity contribution in [1.29, 1.82) is 0 Å². The first-order chi connectivity index (χ1) is 7.65. The lowest BCUT2D eigenvalue weighted by Crippen LogP contribution is -2.24. The summed E-state index contributed by atoms with van der Waals surface area (Å²) < 4.78 is 2.09. The molecule has 0 bridgehead atoms. The number of imidazole rings is 1. The molecule has 1 rings (SSSR count). The second kappa shape index (κ2) is 6.48. The largest absolute Gasteiger partial charge is 0.336 e. The van der Waals surface area contributed by atoms with Crippen molar-refractivity contribution in [3.8, 4) is 0 Å². The van der Waals surface area contributed by atoms with Crippen LogP contribution < -0.4 is 5.32 Å². The van der Waals surface area contributed by atoms with E-state index in [1.807, 2.05) is 19.6 Å². The topological polar surface area (TPSA) is 29.9 Å². The molecule has 16 heavy (non-hydrogen) atoms. The Morgan fingerprint density at radius 2 is 2.38 bits per heavy atom. The van der Waals surface area contributed by atoms with Gasteiger partial charge < -0.3 is 9.88 Å². The van der Waals surface area contributed by atoms with Gasteiger partial charge in [-0.1, -0.05) is 12.5 Å².